The Labute approximate surface area is 472 Å². The third kappa shape index (κ3) is 12.7. The Balaban J connectivity index is 0.000000158. The molecular formula is C65H83N9O6. The van der Waals surface area contributed by atoms with Crippen molar-refractivity contribution in [3.63, 3.8) is 0 Å². The van der Waals surface area contributed by atoms with Crippen LogP contribution in [0.3, 0.4) is 0 Å². The quantitative estimate of drug-likeness (QED) is 0.0821. The molecule has 3 atom stereocenters. The zero-order valence-electron chi connectivity index (χ0n) is 50.1. The average Bonchev–Trinajstić information content (AvgIpc) is 4.09. The fraction of sp³-hybridized carbons (Fsp3) is 0.446. The van der Waals surface area contributed by atoms with Gasteiger partial charge in [0, 0.05) is 80.5 Å². The summed E-state index contributed by atoms with van der Waals surface area (Å²) in [6.07, 6.45) is 11.5. The predicted octanol–water partition coefficient (Wildman–Crippen LogP) is 13.5. The minimum absolute atomic E-state index is 0.0740. The molecule has 424 valence electrons. The van der Waals surface area contributed by atoms with Crippen LogP contribution >= 0.6 is 0 Å². The number of aryl methyl sites for hydroxylation is 9. The minimum Gasteiger partial charge on any atom is -0.481 e. The fourth-order valence-corrected chi connectivity index (χ4v) is 10.8. The Bertz CT molecular complexity index is 3680. The molecule has 80 heavy (non-hydrogen) atoms. The lowest BCUT2D eigenvalue weighted by Crippen LogP contribution is -2.10. The lowest BCUT2D eigenvalue weighted by Gasteiger charge is -2.16. The topological polar surface area (TPSA) is 158 Å². The maximum Gasteiger partial charge on any atom is 0.248 e. The molecule has 15 heteroatoms. The van der Waals surface area contributed by atoms with E-state index in [1.54, 1.807) is 34.5 Å². The van der Waals surface area contributed by atoms with Gasteiger partial charge in [-0.25, -0.2) is 24.9 Å². The molecule has 0 bridgehead atoms. The minimum atomic E-state index is -0.0740. The molecule has 1 fully saturated rings. The Kier molecular flexibility index (Phi) is 19.1. The average molecular weight is 1090 g/mol. The number of H-pyrrole nitrogens is 1. The number of rotatable bonds is 19. The molecule has 15 nitrogen and oxygen atoms in total. The van der Waals surface area contributed by atoms with E-state index < -0.39 is 0 Å². The van der Waals surface area contributed by atoms with Crippen molar-refractivity contribution in [2.45, 2.75) is 133 Å². The highest BCUT2D eigenvalue weighted by atomic mass is 16.5. The highest BCUT2D eigenvalue weighted by Gasteiger charge is 2.24. The van der Waals surface area contributed by atoms with Crippen LogP contribution in [0, 0.1) is 47.5 Å². The SMILES string of the molecule is CCc1[nH]c(=O)ccc1-c1nc2c(C)cn([C@@H](C)COC)c2cc1C.CCc1nc(OC)ccc1-c1nc2c(C)cn([C@@H](C)COC)c2cc1C.CCc1nc(OCC2CC2)ccc1-c1nc2c(C)cn([C@@H](C)COC)c2cc1C. The lowest BCUT2D eigenvalue weighted by atomic mass is 10.0. The van der Waals surface area contributed by atoms with Gasteiger partial charge in [-0.15, -0.1) is 0 Å². The molecule has 0 radical (unpaired) electrons. The molecule has 0 spiro atoms. The standard InChI is InChI=1S/C24H31N3O2.C21H27N3O2.C20H25N3O2/c1-6-20-19(9-10-22(25-20)29-14-18-7-8-18)23-15(2)11-21-24(26-23)16(3)12-27(21)17(4)13-28-5;1-7-17-16(8-9-19(22-17)26-6)20-13(2)10-18-21(23-20)14(3)11-24(18)15(4)12-25-5;1-6-16-15(7-8-18(24)21-16)19-12(2)9-17-20(22-19)13(3)10-23(17)14(4)11-25-5/h9-12,17-18H,6-8,13-14H2,1-5H3;8-11,15H,7,12H2,1-6H3;7-10,14H,6,11H2,1-5H3,(H,21,24)/t17-;15-;14-/m000/s1. The van der Waals surface area contributed by atoms with Crippen molar-refractivity contribution in [3.8, 4) is 45.5 Å². The third-order valence-corrected chi connectivity index (χ3v) is 15.2. The molecule has 0 aliphatic heterocycles. The monoisotopic (exact) mass is 1090 g/mol. The lowest BCUT2D eigenvalue weighted by molar-refractivity contribution is 0.164. The van der Waals surface area contributed by atoms with Gasteiger partial charge in [0.05, 0.1) is 113 Å². The van der Waals surface area contributed by atoms with Crippen LogP contribution in [0.15, 0.2) is 78.0 Å². The molecule has 9 aromatic rings. The van der Waals surface area contributed by atoms with E-state index in [-0.39, 0.29) is 23.7 Å². The first-order chi connectivity index (χ1) is 38.5. The van der Waals surface area contributed by atoms with Crippen LogP contribution in [0.5, 0.6) is 11.8 Å². The number of aromatic amines is 1. The molecule has 1 saturated carbocycles. The molecular weight excluding hydrogens is 1000 g/mol. The van der Waals surface area contributed by atoms with E-state index in [9.17, 15) is 4.79 Å². The summed E-state index contributed by atoms with van der Waals surface area (Å²) < 4.78 is 33.9. The number of aromatic nitrogens is 9. The second-order valence-corrected chi connectivity index (χ2v) is 21.7. The van der Waals surface area contributed by atoms with E-state index >= 15 is 0 Å². The van der Waals surface area contributed by atoms with Gasteiger partial charge in [-0.3, -0.25) is 4.79 Å². The van der Waals surface area contributed by atoms with Gasteiger partial charge in [-0.05, 0) is 170 Å². The summed E-state index contributed by atoms with van der Waals surface area (Å²) in [6, 6.07) is 18.9. The van der Waals surface area contributed by atoms with Crippen molar-refractivity contribution >= 4 is 33.1 Å². The molecule has 0 unspecified atom stereocenters. The fourth-order valence-electron chi connectivity index (χ4n) is 10.8. The van der Waals surface area contributed by atoms with Gasteiger partial charge in [-0.2, -0.15) is 0 Å². The molecule has 0 saturated heterocycles. The van der Waals surface area contributed by atoms with E-state index in [4.69, 9.17) is 43.6 Å². The smallest absolute Gasteiger partial charge is 0.248 e. The first kappa shape index (κ1) is 58.9. The van der Waals surface area contributed by atoms with E-state index in [2.05, 4.69) is 149 Å². The first-order valence-corrected chi connectivity index (χ1v) is 28.3. The Hall–Kier alpha value is -7.20. The van der Waals surface area contributed by atoms with E-state index in [0.29, 0.717) is 25.7 Å². The summed E-state index contributed by atoms with van der Waals surface area (Å²) in [6.45, 7) is 28.2. The summed E-state index contributed by atoms with van der Waals surface area (Å²) in [5, 5.41) is 0. The van der Waals surface area contributed by atoms with Gasteiger partial charge in [-0.1, -0.05) is 20.8 Å². The van der Waals surface area contributed by atoms with E-state index in [1.165, 1.54) is 24.0 Å². The van der Waals surface area contributed by atoms with Crippen LogP contribution in [0.25, 0.3) is 66.9 Å². The summed E-state index contributed by atoms with van der Waals surface area (Å²) in [5.74, 6) is 2.09. The third-order valence-electron chi connectivity index (χ3n) is 15.2. The Morgan fingerprint density at radius 1 is 0.512 bits per heavy atom. The van der Waals surface area contributed by atoms with Gasteiger partial charge in [0.1, 0.15) is 0 Å². The molecule has 1 N–H and O–H groups in total. The van der Waals surface area contributed by atoms with Crippen LogP contribution in [0.1, 0.15) is 123 Å². The second kappa shape index (κ2) is 25.9. The maximum absolute atomic E-state index is 11.6. The van der Waals surface area contributed by atoms with Crippen LogP contribution < -0.4 is 15.0 Å². The normalized spacial score (nSPS) is 13.5. The number of nitrogens with one attached hydrogen (secondary N) is 1. The number of fused-ring (bicyclic) bond motifs is 3. The van der Waals surface area contributed by atoms with Crippen molar-refractivity contribution in [2.24, 2.45) is 5.92 Å². The molecule has 9 aromatic heterocycles. The van der Waals surface area contributed by atoms with Crippen LogP contribution in [0.2, 0.25) is 0 Å². The van der Waals surface area contributed by atoms with Crippen LogP contribution in [0.4, 0.5) is 0 Å². The van der Waals surface area contributed by atoms with Gasteiger partial charge < -0.3 is 42.4 Å². The van der Waals surface area contributed by atoms with Crippen LogP contribution in [-0.2, 0) is 33.5 Å². The second-order valence-electron chi connectivity index (χ2n) is 21.7. The zero-order chi connectivity index (χ0) is 57.5. The van der Waals surface area contributed by atoms with E-state index in [1.807, 2.05) is 25.1 Å². The molecule has 0 amide bonds. The number of methoxy groups -OCH3 is 4. The van der Waals surface area contributed by atoms with Crippen molar-refractivity contribution in [3.05, 3.63) is 134 Å². The molecule has 0 aromatic carbocycles. The summed E-state index contributed by atoms with van der Waals surface area (Å²) >= 11 is 0. The number of nitrogens with zero attached hydrogens (tertiary/aromatic N) is 8. The maximum atomic E-state index is 11.6. The summed E-state index contributed by atoms with van der Waals surface area (Å²) in [7, 11) is 6.84. The summed E-state index contributed by atoms with van der Waals surface area (Å²) in [4.78, 5) is 39.0. The first-order valence-electron chi connectivity index (χ1n) is 28.3. The van der Waals surface area contributed by atoms with Crippen molar-refractivity contribution in [2.75, 3.05) is 54.9 Å². The molecule has 1 aliphatic rings. The van der Waals surface area contributed by atoms with Gasteiger partial charge in [0.2, 0.25) is 17.3 Å². The van der Waals surface area contributed by atoms with E-state index in [0.717, 1.165) is 144 Å². The molecule has 1 aliphatic carbocycles. The number of hydrogen-bond donors (Lipinski definition) is 1. The number of hydrogen-bond acceptors (Lipinski definition) is 11. The highest BCUT2D eigenvalue weighted by molar-refractivity contribution is 5.87. The van der Waals surface area contributed by atoms with Gasteiger partial charge >= 0.3 is 0 Å². The predicted molar refractivity (Wildman–Crippen MR) is 323 cm³/mol. The zero-order valence-corrected chi connectivity index (χ0v) is 50.1. The van der Waals surface area contributed by atoms with Crippen LogP contribution in [-0.4, -0.2) is 98.5 Å². The summed E-state index contributed by atoms with van der Waals surface area (Å²) in [5.41, 5.74) is 22.4. The van der Waals surface area contributed by atoms with Crippen molar-refractivity contribution in [1.82, 2.24) is 43.6 Å². The molecule has 10 rings (SSSR count). The Morgan fingerprint density at radius 3 is 1.27 bits per heavy atom. The van der Waals surface area contributed by atoms with Gasteiger partial charge in [0.25, 0.3) is 0 Å². The molecule has 9 heterocycles. The highest BCUT2D eigenvalue weighted by Crippen LogP contribution is 2.36. The number of ether oxygens (including phenoxy) is 5. The Morgan fingerprint density at radius 2 is 0.900 bits per heavy atom. The van der Waals surface area contributed by atoms with Gasteiger partial charge in [0.15, 0.2) is 0 Å². The van der Waals surface area contributed by atoms with Crippen molar-refractivity contribution < 1.29 is 23.7 Å². The number of pyridine rings is 6. The largest absolute Gasteiger partial charge is 0.481 e. The van der Waals surface area contributed by atoms with Crippen molar-refractivity contribution in [1.29, 1.82) is 0 Å².